The van der Waals surface area contributed by atoms with E-state index in [-0.39, 0.29) is 18.2 Å². The van der Waals surface area contributed by atoms with Crippen LogP contribution in [0.4, 0.5) is 0 Å². The zero-order valence-electron chi connectivity index (χ0n) is 8.51. The predicted molar refractivity (Wildman–Crippen MR) is 56.0 cm³/mol. The molecule has 0 amide bonds. The first kappa shape index (κ1) is 10.6. The highest BCUT2D eigenvalue weighted by Gasteiger charge is 2.23. The summed E-state index contributed by atoms with van der Waals surface area (Å²) in [6.07, 6.45) is 2.35. The number of nitrogens with zero attached hydrogens (tertiary/aromatic N) is 1. The third-order valence-corrected chi connectivity index (χ3v) is 2.95. The average Bonchev–Trinajstić information content (AvgIpc) is 2.84. The van der Waals surface area contributed by atoms with Crippen molar-refractivity contribution in [2.45, 2.75) is 32.0 Å². The Kier molecular flexibility index (Phi) is 3.33. The van der Waals surface area contributed by atoms with Gasteiger partial charge in [0.25, 0.3) is 0 Å². The maximum absolute atomic E-state index is 11.4. The van der Waals surface area contributed by atoms with Crippen LogP contribution < -0.4 is 0 Å². The minimum atomic E-state index is -0.362. The van der Waals surface area contributed by atoms with Crippen molar-refractivity contribution in [3.8, 4) is 0 Å². The van der Waals surface area contributed by atoms with Crippen molar-refractivity contribution in [2.75, 3.05) is 6.61 Å². The maximum atomic E-state index is 11.4. The fraction of sp³-hybridized carbons (Fsp3) is 0.600. The number of rotatable bonds is 3. The number of ether oxygens (including phenoxy) is 2. The molecule has 4 nitrogen and oxygen atoms in total. The summed E-state index contributed by atoms with van der Waals surface area (Å²) in [5.74, 6) is -0.362. The van der Waals surface area contributed by atoms with Gasteiger partial charge >= 0.3 is 5.97 Å². The van der Waals surface area contributed by atoms with E-state index in [0.29, 0.717) is 12.3 Å². The number of hydrogen-bond acceptors (Lipinski definition) is 5. The third-order valence-electron chi connectivity index (χ3n) is 2.36. The second kappa shape index (κ2) is 4.72. The van der Waals surface area contributed by atoms with Gasteiger partial charge in [-0.15, -0.1) is 11.3 Å². The Morgan fingerprint density at radius 1 is 1.73 bits per heavy atom. The molecule has 82 valence electrons. The Balaban J connectivity index is 1.76. The van der Waals surface area contributed by atoms with E-state index in [0.717, 1.165) is 12.8 Å². The molecule has 0 saturated carbocycles. The van der Waals surface area contributed by atoms with Crippen LogP contribution in [0, 0.1) is 0 Å². The van der Waals surface area contributed by atoms with E-state index < -0.39 is 0 Å². The minimum absolute atomic E-state index is 0.0579. The lowest BCUT2D eigenvalue weighted by molar-refractivity contribution is -0.00294. The second-order valence-corrected chi connectivity index (χ2v) is 4.34. The summed E-state index contributed by atoms with van der Waals surface area (Å²) in [5.41, 5.74) is 2.00. The molecule has 15 heavy (non-hydrogen) atoms. The summed E-state index contributed by atoms with van der Waals surface area (Å²) in [7, 11) is 0. The predicted octanol–water partition coefficient (Wildman–Crippen LogP) is 1.87. The molecule has 1 aliphatic rings. The van der Waals surface area contributed by atoms with Gasteiger partial charge in [0, 0.05) is 5.38 Å². The Labute approximate surface area is 92.2 Å². The van der Waals surface area contributed by atoms with E-state index >= 15 is 0 Å². The largest absolute Gasteiger partial charge is 0.458 e. The van der Waals surface area contributed by atoms with Gasteiger partial charge in [-0.05, 0) is 19.8 Å². The summed E-state index contributed by atoms with van der Waals surface area (Å²) < 4.78 is 10.6. The van der Waals surface area contributed by atoms with Crippen LogP contribution in [0.25, 0.3) is 0 Å². The van der Waals surface area contributed by atoms with Crippen LogP contribution in [0.15, 0.2) is 10.9 Å². The fourth-order valence-corrected chi connectivity index (χ4v) is 2.09. The molecule has 1 aromatic heterocycles. The topological polar surface area (TPSA) is 48.4 Å². The van der Waals surface area contributed by atoms with Gasteiger partial charge in [0.05, 0.1) is 17.7 Å². The second-order valence-electron chi connectivity index (χ2n) is 3.62. The highest BCUT2D eigenvalue weighted by atomic mass is 32.1. The summed E-state index contributed by atoms with van der Waals surface area (Å²) in [6.45, 7) is 2.36. The van der Waals surface area contributed by atoms with E-state index in [9.17, 15) is 4.79 Å². The molecule has 2 rings (SSSR count). The molecule has 0 aromatic carbocycles. The van der Waals surface area contributed by atoms with Gasteiger partial charge in [-0.3, -0.25) is 0 Å². The first-order valence-corrected chi connectivity index (χ1v) is 5.91. The lowest BCUT2D eigenvalue weighted by Crippen LogP contribution is -2.19. The minimum Gasteiger partial charge on any atom is -0.458 e. The monoisotopic (exact) mass is 227 g/mol. The Morgan fingerprint density at radius 2 is 2.60 bits per heavy atom. The first-order valence-electron chi connectivity index (χ1n) is 4.96. The van der Waals surface area contributed by atoms with E-state index in [1.54, 1.807) is 10.9 Å². The lowest BCUT2D eigenvalue weighted by Gasteiger charge is -2.10. The molecule has 0 bridgehead atoms. The average molecular weight is 227 g/mol. The Morgan fingerprint density at radius 3 is 3.20 bits per heavy atom. The summed E-state index contributed by atoms with van der Waals surface area (Å²) in [4.78, 5) is 15.3. The normalized spacial score (nSPS) is 25.4. The molecule has 2 heterocycles. The molecule has 1 aromatic rings. The van der Waals surface area contributed by atoms with Gasteiger partial charge < -0.3 is 9.47 Å². The van der Waals surface area contributed by atoms with Crippen LogP contribution in [0.3, 0.4) is 0 Å². The highest BCUT2D eigenvalue weighted by molar-refractivity contribution is 7.07. The standard InChI is InChI=1S/C10H13NO3S/c1-7-2-3-8(14-7)4-13-10(12)9-5-15-6-11-9/h5-8H,2-4H2,1H3/t7-,8-/m1/s1. The van der Waals surface area contributed by atoms with Crippen molar-refractivity contribution in [1.29, 1.82) is 0 Å². The van der Waals surface area contributed by atoms with Gasteiger partial charge in [-0.2, -0.15) is 0 Å². The maximum Gasteiger partial charge on any atom is 0.357 e. The van der Waals surface area contributed by atoms with Crippen LogP contribution in [-0.2, 0) is 9.47 Å². The zero-order chi connectivity index (χ0) is 10.7. The summed E-state index contributed by atoms with van der Waals surface area (Å²) in [5, 5.41) is 1.68. The third kappa shape index (κ3) is 2.76. The van der Waals surface area contributed by atoms with E-state index in [1.807, 2.05) is 6.92 Å². The van der Waals surface area contributed by atoms with Gasteiger partial charge in [0.15, 0.2) is 5.69 Å². The zero-order valence-corrected chi connectivity index (χ0v) is 9.33. The molecule has 0 spiro atoms. The Hall–Kier alpha value is -0.940. The van der Waals surface area contributed by atoms with Crippen molar-refractivity contribution in [2.24, 2.45) is 0 Å². The number of carbonyl (C=O) groups is 1. The number of aromatic nitrogens is 1. The van der Waals surface area contributed by atoms with E-state index in [1.165, 1.54) is 11.3 Å². The van der Waals surface area contributed by atoms with Gasteiger partial charge in [-0.25, -0.2) is 9.78 Å². The Bertz CT molecular complexity index is 325. The van der Waals surface area contributed by atoms with Gasteiger partial charge in [0.1, 0.15) is 6.61 Å². The molecule has 1 fully saturated rings. The van der Waals surface area contributed by atoms with Crippen molar-refractivity contribution in [3.63, 3.8) is 0 Å². The lowest BCUT2D eigenvalue weighted by atomic mass is 10.2. The summed E-state index contributed by atoms with van der Waals surface area (Å²) in [6, 6.07) is 0. The highest BCUT2D eigenvalue weighted by Crippen LogP contribution is 2.19. The molecule has 0 unspecified atom stereocenters. The van der Waals surface area contributed by atoms with E-state index in [2.05, 4.69) is 4.98 Å². The van der Waals surface area contributed by atoms with Crippen molar-refractivity contribution < 1.29 is 14.3 Å². The molecule has 5 heteroatoms. The number of esters is 1. The van der Waals surface area contributed by atoms with Crippen molar-refractivity contribution >= 4 is 17.3 Å². The molecule has 0 radical (unpaired) electrons. The molecular formula is C10H13NO3S. The van der Waals surface area contributed by atoms with Crippen LogP contribution in [-0.4, -0.2) is 29.8 Å². The van der Waals surface area contributed by atoms with Crippen LogP contribution >= 0.6 is 11.3 Å². The SMILES string of the molecule is C[C@@H]1CC[C@H](COC(=O)c2cscn2)O1. The smallest absolute Gasteiger partial charge is 0.357 e. The van der Waals surface area contributed by atoms with Crippen molar-refractivity contribution in [3.05, 3.63) is 16.6 Å². The van der Waals surface area contributed by atoms with Crippen LogP contribution in [0.5, 0.6) is 0 Å². The molecule has 1 saturated heterocycles. The molecular weight excluding hydrogens is 214 g/mol. The molecule has 2 atom stereocenters. The first-order chi connectivity index (χ1) is 7.25. The van der Waals surface area contributed by atoms with Crippen LogP contribution in [0.1, 0.15) is 30.3 Å². The number of carbonyl (C=O) groups excluding carboxylic acids is 1. The van der Waals surface area contributed by atoms with Crippen molar-refractivity contribution in [1.82, 2.24) is 4.98 Å². The number of thiazole rings is 1. The molecule has 0 aliphatic carbocycles. The van der Waals surface area contributed by atoms with Gasteiger partial charge in [-0.1, -0.05) is 0 Å². The fourth-order valence-electron chi connectivity index (χ4n) is 1.56. The van der Waals surface area contributed by atoms with Gasteiger partial charge in [0.2, 0.25) is 0 Å². The van der Waals surface area contributed by atoms with Crippen LogP contribution in [0.2, 0.25) is 0 Å². The number of hydrogen-bond donors (Lipinski definition) is 0. The molecule has 1 aliphatic heterocycles. The quantitative estimate of drug-likeness (QED) is 0.740. The molecule has 0 N–H and O–H groups in total. The van der Waals surface area contributed by atoms with E-state index in [4.69, 9.17) is 9.47 Å². The summed E-state index contributed by atoms with van der Waals surface area (Å²) >= 11 is 1.38.